The molecule has 0 aliphatic rings. The summed E-state index contributed by atoms with van der Waals surface area (Å²) in [4.78, 5) is 12.6. The van der Waals surface area contributed by atoms with Crippen LogP contribution in [0.5, 0.6) is 0 Å². The van der Waals surface area contributed by atoms with Gasteiger partial charge in [-0.3, -0.25) is 4.79 Å². The third kappa shape index (κ3) is 3.29. The lowest BCUT2D eigenvalue weighted by Crippen LogP contribution is -2.27. The van der Waals surface area contributed by atoms with Crippen LogP contribution in [0.3, 0.4) is 0 Å². The minimum atomic E-state index is -0.205. The van der Waals surface area contributed by atoms with Crippen molar-refractivity contribution < 1.29 is 14.6 Å². The van der Waals surface area contributed by atoms with Crippen molar-refractivity contribution in [2.24, 2.45) is 0 Å². The van der Waals surface area contributed by atoms with E-state index in [-0.39, 0.29) is 19.1 Å². The summed E-state index contributed by atoms with van der Waals surface area (Å²) in [6, 6.07) is 5.74. The van der Waals surface area contributed by atoms with E-state index in [1.165, 1.54) is 11.3 Å². The quantitative estimate of drug-likeness (QED) is 0.689. The second-order valence-electron chi connectivity index (χ2n) is 4.05. The van der Waals surface area contributed by atoms with E-state index in [0.717, 1.165) is 14.6 Å². The number of ether oxygens (including phenoxy) is 1. The van der Waals surface area contributed by atoms with Crippen molar-refractivity contribution in [2.45, 2.75) is 0 Å². The summed E-state index contributed by atoms with van der Waals surface area (Å²) >= 11 is 4.81. The van der Waals surface area contributed by atoms with Gasteiger partial charge in [-0.25, -0.2) is 0 Å². The fraction of sp³-hybridized carbons (Fsp3) is 0.308. The van der Waals surface area contributed by atoms with E-state index < -0.39 is 0 Å². The molecule has 1 aromatic heterocycles. The molecule has 0 spiro atoms. The molecule has 0 radical (unpaired) electrons. The van der Waals surface area contributed by atoms with Crippen LogP contribution in [0.1, 0.15) is 9.67 Å². The Morgan fingerprint density at radius 2 is 2.25 bits per heavy atom. The minimum absolute atomic E-state index is 0.0226. The SMILES string of the molecule is Nc1c(C(=O)NCCOCCO)sc2cccc(Br)c12. The highest BCUT2D eigenvalue weighted by molar-refractivity contribution is 9.10. The topological polar surface area (TPSA) is 84.6 Å². The largest absolute Gasteiger partial charge is 0.397 e. The smallest absolute Gasteiger partial charge is 0.263 e. The van der Waals surface area contributed by atoms with Crippen molar-refractivity contribution in [2.75, 3.05) is 32.1 Å². The van der Waals surface area contributed by atoms with Gasteiger partial charge in [-0.15, -0.1) is 11.3 Å². The van der Waals surface area contributed by atoms with Gasteiger partial charge in [0.15, 0.2) is 0 Å². The Hall–Kier alpha value is -1.15. The molecule has 0 saturated heterocycles. The molecule has 2 aromatic rings. The molecular weight excluding hydrogens is 344 g/mol. The van der Waals surface area contributed by atoms with E-state index >= 15 is 0 Å². The number of rotatable bonds is 6. The molecule has 2 rings (SSSR count). The zero-order chi connectivity index (χ0) is 14.5. The second kappa shape index (κ2) is 7.03. The summed E-state index contributed by atoms with van der Waals surface area (Å²) in [5.74, 6) is -0.205. The molecule has 0 aliphatic carbocycles. The van der Waals surface area contributed by atoms with Crippen LogP contribution >= 0.6 is 27.3 Å². The third-order valence-corrected chi connectivity index (χ3v) is 4.51. The molecule has 4 N–H and O–H groups in total. The lowest BCUT2D eigenvalue weighted by atomic mass is 10.2. The van der Waals surface area contributed by atoms with E-state index in [1.54, 1.807) is 0 Å². The number of carbonyl (C=O) groups is 1. The van der Waals surface area contributed by atoms with Gasteiger partial charge in [0.2, 0.25) is 0 Å². The van der Waals surface area contributed by atoms with E-state index in [0.29, 0.717) is 23.7 Å². The summed E-state index contributed by atoms with van der Waals surface area (Å²) in [5.41, 5.74) is 6.54. The van der Waals surface area contributed by atoms with Crippen molar-refractivity contribution in [1.82, 2.24) is 5.32 Å². The zero-order valence-corrected chi connectivity index (χ0v) is 13.1. The maximum atomic E-state index is 12.1. The van der Waals surface area contributed by atoms with Crippen molar-refractivity contribution in [3.8, 4) is 0 Å². The summed E-state index contributed by atoms with van der Waals surface area (Å²) in [6.07, 6.45) is 0. The summed E-state index contributed by atoms with van der Waals surface area (Å²) in [6.45, 7) is 0.994. The number of nitrogen functional groups attached to an aromatic ring is 1. The molecule has 1 amide bonds. The van der Waals surface area contributed by atoms with Crippen LogP contribution in [0.2, 0.25) is 0 Å². The molecule has 0 unspecified atom stereocenters. The Labute approximate surface area is 128 Å². The minimum Gasteiger partial charge on any atom is -0.397 e. The second-order valence-corrected chi connectivity index (χ2v) is 5.96. The maximum Gasteiger partial charge on any atom is 0.263 e. The van der Waals surface area contributed by atoms with Crippen LogP contribution < -0.4 is 11.1 Å². The number of amides is 1. The fourth-order valence-corrected chi connectivity index (χ4v) is 3.56. The van der Waals surface area contributed by atoms with Crippen molar-refractivity contribution in [3.05, 3.63) is 27.5 Å². The highest BCUT2D eigenvalue weighted by Crippen LogP contribution is 2.37. The Morgan fingerprint density at radius 1 is 1.45 bits per heavy atom. The molecular formula is C13H15BrN2O3S. The molecule has 0 bridgehead atoms. The summed E-state index contributed by atoms with van der Waals surface area (Å²) in [5, 5.41) is 12.2. The molecule has 5 nitrogen and oxygen atoms in total. The van der Waals surface area contributed by atoms with Gasteiger partial charge in [-0.2, -0.15) is 0 Å². The number of hydrogen-bond acceptors (Lipinski definition) is 5. The number of carbonyl (C=O) groups excluding carboxylic acids is 1. The Kier molecular flexibility index (Phi) is 5.36. The maximum absolute atomic E-state index is 12.1. The fourth-order valence-electron chi connectivity index (χ4n) is 1.78. The monoisotopic (exact) mass is 358 g/mol. The number of fused-ring (bicyclic) bond motifs is 1. The van der Waals surface area contributed by atoms with E-state index in [1.807, 2.05) is 18.2 Å². The van der Waals surface area contributed by atoms with Gasteiger partial charge in [0.25, 0.3) is 5.91 Å². The van der Waals surface area contributed by atoms with Crippen LogP contribution in [0.15, 0.2) is 22.7 Å². The van der Waals surface area contributed by atoms with Gasteiger partial charge in [0.05, 0.1) is 25.5 Å². The first-order valence-electron chi connectivity index (χ1n) is 6.08. The first kappa shape index (κ1) is 15.2. The predicted octanol–water partition coefficient (Wildman–Crippen LogP) is 1.98. The van der Waals surface area contributed by atoms with Crippen LogP contribution in [-0.2, 0) is 4.74 Å². The van der Waals surface area contributed by atoms with E-state index in [2.05, 4.69) is 21.2 Å². The first-order valence-corrected chi connectivity index (χ1v) is 7.69. The molecule has 0 fully saturated rings. The standard InChI is InChI=1S/C13H15BrN2O3S/c14-8-2-1-3-9-10(8)11(15)12(20-9)13(18)16-4-6-19-7-5-17/h1-3,17H,4-7,15H2,(H,16,18). The Bertz CT molecular complexity index is 615. The predicted molar refractivity (Wildman–Crippen MR) is 84.2 cm³/mol. The molecule has 20 heavy (non-hydrogen) atoms. The van der Waals surface area contributed by atoms with Crippen molar-refractivity contribution in [1.29, 1.82) is 0 Å². The van der Waals surface area contributed by atoms with Crippen LogP contribution in [-0.4, -0.2) is 37.4 Å². The van der Waals surface area contributed by atoms with Gasteiger partial charge in [-0.1, -0.05) is 22.0 Å². The number of hydrogen-bond donors (Lipinski definition) is 3. The normalized spacial score (nSPS) is 10.9. The van der Waals surface area contributed by atoms with Crippen LogP contribution in [0.4, 0.5) is 5.69 Å². The Balaban J connectivity index is 2.07. The highest BCUT2D eigenvalue weighted by atomic mass is 79.9. The highest BCUT2D eigenvalue weighted by Gasteiger charge is 2.17. The number of nitrogens with two attached hydrogens (primary N) is 1. The van der Waals surface area contributed by atoms with Gasteiger partial charge in [0.1, 0.15) is 4.88 Å². The number of anilines is 1. The van der Waals surface area contributed by atoms with Gasteiger partial charge in [0, 0.05) is 21.1 Å². The number of benzene rings is 1. The third-order valence-electron chi connectivity index (χ3n) is 2.68. The number of thiophene rings is 1. The van der Waals surface area contributed by atoms with E-state index in [4.69, 9.17) is 15.6 Å². The Morgan fingerprint density at radius 3 is 2.95 bits per heavy atom. The molecule has 0 atom stereocenters. The molecule has 108 valence electrons. The molecule has 0 saturated carbocycles. The lowest BCUT2D eigenvalue weighted by molar-refractivity contribution is 0.0841. The molecule has 1 heterocycles. The average molecular weight is 359 g/mol. The van der Waals surface area contributed by atoms with Crippen LogP contribution in [0.25, 0.3) is 10.1 Å². The molecule has 7 heteroatoms. The number of nitrogens with one attached hydrogen (secondary N) is 1. The summed E-state index contributed by atoms with van der Waals surface area (Å²) < 4.78 is 6.93. The molecule has 0 aliphatic heterocycles. The van der Waals surface area contributed by atoms with E-state index in [9.17, 15) is 4.79 Å². The van der Waals surface area contributed by atoms with Crippen LogP contribution in [0, 0.1) is 0 Å². The van der Waals surface area contributed by atoms with Gasteiger partial charge in [-0.05, 0) is 12.1 Å². The lowest BCUT2D eigenvalue weighted by Gasteiger charge is -2.05. The van der Waals surface area contributed by atoms with Crippen molar-refractivity contribution in [3.63, 3.8) is 0 Å². The van der Waals surface area contributed by atoms with Gasteiger partial charge < -0.3 is 20.9 Å². The number of aliphatic hydroxyl groups excluding tert-OH is 1. The number of halogens is 1. The molecule has 1 aromatic carbocycles. The van der Waals surface area contributed by atoms with Crippen molar-refractivity contribution >= 4 is 48.9 Å². The zero-order valence-electron chi connectivity index (χ0n) is 10.7. The number of aliphatic hydroxyl groups is 1. The summed E-state index contributed by atoms with van der Waals surface area (Å²) in [7, 11) is 0. The van der Waals surface area contributed by atoms with Gasteiger partial charge >= 0.3 is 0 Å². The first-order chi connectivity index (χ1) is 9.65. The average Bonchev–Trinajstić information content (AvgIpc) is 2.77.